The molecule has 0 amide bonds. The Balaban J connectivity index is 2.74. The van der Waals surface area contributed by atoms with Gasteiger partial charge in [-0.3, -0.25) is 8.37 Å². The zero-order chi connectivity index (χ0) is 11.9. The third-order valence-corrected chi connectivity index (χ3v) is 3.74. The largest absolute Gasteiger partial charge is 0.523 e. The Kier molecular flexibility index (Phi) is 3.02. The van der Waals surface area contributed by atoms with E-state index in [4.69, 9.17) is 0 Å². The fourth-order valence-electron chi connectivity index (χ4n) is 0.793. The van der Waals surface area contributed by atoms with Crippen molar-refractivity contribution in [2.24, 2.45) is 0 Å². The predicted octanol–water partition coefficient (Wildman–Crippen LogP) is -0.419. The van der Waals surface area contributed by atoms with Crippen LogP contribution in [0.2, 0.25) is 0 Å². The summed E-state index contributed by atoms with van der Waals surface area (Å²) in [5.41, 5.74) is -5.57. The lowest BCUT2D eigenvalue weighted by molar-refractivity contribution is -0.0570. The third kappa shape index (κ3) is 3.03. The molecular weight excluding hydrogens is 265 g/mol. The van der Waals surface area contributed by atoms with Gasteiger partial charge in [0.05, 0.1) is 6.61 Å². The van der Waals surface area contributed by atoms with E-state index >= 15 is 0 Å². The Bertz CT molecular complexity index is 433. The van der Waals surface area contributed by atoms with Crippen molar-refractivity contribution in [1.29, 1.82) is 0 Å². The molecule has 0 saturated carbocycles. The monoisotopic (exact) mass is 270 g/mol. The van der Waals surface area contributed by atoms with Crippen molar-refractivity contribution in [1.82, 2.24) is 0 Å². The normalized spacial score (nSPS) is 26.7. The maximum atomic E-state index is 11.8. The van der Waals surface area contributed by atoms with Crippen molar-refractivity contribution in [3.05, 3.63) is 0 Å². The van der Waals surface area contributed by atoms with Gasteiger partial charge in [-0.25, -0.2) is 0 Å². The van der Waals surface area contributed by atoms with Gasteiger partial charge in [-0.15, -0.1) is 0 Å². The third-order valence-electron chi connectivity index (χ3n) is 1.37. The fraction of sp³-hybridized carbons (Fsp3) is 1.00. The highest BCUT2D eigenvalue weighted by Gasteiger charge is 2.50. The Morgan fingerprint density at radius 3 is 2.20 bits per heavy atom. The molecule has 15 heavy (non-hydrogen) atoms. The van der Waals surface area contributed by atoms with Crippen LogP contribution in [-0.4, -0.2) is 40.8 Å². The molecule has 0 bridgehead atoms. The van der Waals surface area contributed by atoms with Gasteiger partial charge in [0.2, 0.25) is 0 Å². The molecule has 6 nitrogen and oxygen atoms in total. The average molecular weight is 270 g/mol. The molecule has 1 unspecified atom stereocenters. The molecule has 1 aliphatic rings. The quantitative estimate of drug-likeness (QED) is 0.500. The van der Waals surface area contributed by atoms with Crippen LogP contribution in [0.3, 0.4) is 0 Å². The van der Waals surface area contributed by atoms with Gasteiger partial charge in [-0.2, -0.15) is 30.0 Å². The van der Waals surface area contributed by atoms with Gasteiger partial charge < -0.3 is 0 Å². The molecule has 0 spiro atoms. The number of halogens is 3. The maximum absolute atomic E-state index is 11.8. The molecule has 1 atom stereocenters. The van der Waals surface area contributed by atoms with Gasteiger partial charge in [0.15, 0.2) is 0 Å². The lowest BCUT2D eigenvalue weighted by Gasteiger charge is -2.10. The molecule has 1 rings (SSSR count). The summed E-state index contributed by atoms with van der Waals surface area (Å²) in [7, 11) is -9.75. The standard InChI is InChI=1S/C4H5F3O6S2/c5-4(6,7)15(10,11)13-3-1-12-14(8,9)2-3/h3H,1-2H2. The molecule has 1 heterocycles. The van der Waals surface area contributed by atoms with Crippen molar-refractivity contribution in [3.63, 3.8) is 0 Å². The van der Waals surface area contributed by atoms with Crippen molar-refractivity contribution in [2.45, 2.75) is 11.6 Å². The van der Waals surface area contributed by atoms with Crippen LogP contribution in [0.4, 0.5) is 13.2 Å². The minimum Gasteiger partial charge on any atom is -0.267 e. The molecule has 0 aliphatic carbocycles. The van der Waals surface area contributed by atoms with E-state index < -0.39 is 44.2 Å². The Morgan fingerprint density at radius 1 is 1.33 bits per heavy atom. The summed E-state index contributed by atoms with van der Waals surface area (Å²) < 4.78 is 85.0. The van der Waals surface area contributed by atoms with Crippen LogP contribution >= 0.6 is 0 Å². The molecular formula is C4H5F3O6S2. The second-order valence-corrected chi connectivity index (χ2v) is 5.87. The summed E-state index contributed by atoms with van der Waals surface area (Å²) in [5.74, 6) is -0.914. The summed E-state index contributed by atoms with van der Waals surface area (Å²) >= 11 is 0. The topological polar surface area (TPSA) is 86.7 Å². The average Bonchev–Trinajstić information content (AvgIpc) is 2.26. The maximum Gasteiger partial charge on any atom is 0.523 e. The number of rotatable bonds is 2. The summed E-state index contributed by atoms with van der Waals surface area (Å²) in [4.78, 5) is 0. The Hall–Kier alpha value is -0.390. The second-order valence-electron chi connectivity index (χ2n) is 2.63. The highest BCUT2D eigenvalue weighted by Crippen LogP contribution is 2.27. The van der Waals surface area contributed by atoms with Gasteiger partial charge in [-0.05, 0) is 0 Å². The number of hydrogen-bond acceptors (Lipinski definition) is 6. The molecule has 11 heteroatoms. The van der Waals surface area contributed by atoms with E-state index in [-0.39, 0.29) is 0 Å². The van der Waals surface area contributed by atoms with E-state index in [2.05, 4.69) is 8.37 Å². The highest BCUT2D eigenvalue weighted by atomic mass is 32.2. The molecule has 90 valence electrons. The summed E-state index contributed by atoms with van der Waals surface area (Å²) in [5, 5.41) is 0. The number of alkyl halides is 3. The first-order valence-corrected chi connectivity index (χ1v) is 6.39. The van der Waals surface area contributed by atoms with E-state index in [0.717, 1.165) is 0 Å². The highest BCUT2D eigenvalue weighted by molar-refractivity contribution is 7.88. The van der Waals surface area contributed by atoms with E-state index in [9.17, 15) is 30.0 Å². The first-order chi connectivity index (χ1) is 6.54. The van der Waals surface area contributed by atoms with Crippen LogP contribution in [0.5, 0.6) is 0 Å². The van der Waals surface area contributed by atoms with E-state index in [1.54, 1.807) is 0 Å². The summed E-state index contributed by atoms with van der Waals surface area (Å²) in [6.45, 7) is -0.738. The molecule has 1 aliphatic heterocycles. The molecule has 0 radical (unpaired) electrons. The van der Waals surface area contributed by atoms with Gasteiger partial charge >= 0.3 is 15.6 Å². The van der Waals surface area contributed by atoms with Crippen LogP contribution in [0.1, 0.15) is 0 Å². The van der Waals surface area contributed by atoms with Gasteiger partial charge in [-0.1, -0.05) is 0 Å². The lowest BCUT2D eigenvalue weighted by atomic mass is 10.5. The SMILES string of the molecule is O=S1(=O)CC(OS(=O)(=O)C(F)(F)F)CO1. The first kappa shape index (κ1) is 12.7. The fourth-order valence-corrected chi connectivity index (χ4v) is 2.54. The molecule has 0 aromatic heterocycles. The smallest absolute Gasteiger partial charge is 0.267 e. The number of hydrogen-bond donors (Lipinski definition) is 0. The van der Waals surface area contributed by atoms with Crippen molar-refractivity contribution in [3.8, 4) is 0 Å². The molecule has 1 fully saturated rings. The molecule has 0 aromatic rings. The summed E-state index contributed by atoms with van der Waals surface area (Å²) in [6.07, 6.45) is -1.65. The van der Waals surface area contributed by atoms with E-state index in [1.807, 2.05) is 0 Å². The van der Waals surface area contributed by atoms with Crippen LogP contribution in [0.25, 0.3) is 0 Å². The van der Waals surface area contributed by atoms with Crippen molar-refractivity contribution >= 4 is 20.2 Å². The van der Waals surface area contributed by atoms with E-state index in [0.29, 0.717) is 0 Å². The first-order valence-electron chi connectivity index (χ1n) is 3.40. The Morgan fingerprint density at radius 2 is 1.87 bits per heavy atom. The lowest BCUT2D eigenvalue weighted by Crippen LogP contribution is -2.31. The molecule has 1 saturated heterocycles. The van der Waals surface area contributed by atoms with Gasteiger partial charge in [0.1, 0.15) is 11.9 Å². The Labute approximate surface area is 83.2 Å². The van der Waals surface area contributed by atoms with Crippen LogP contribution < -0.4 is 0 Å². The predicted molar refractivity (Wildman–Crippen MR) is 39.6 cm³/mol. The van der Waals surface area contributed by atoms with E-state index in [1.165, 1.54) is 0 Å². The van der Waals surface area contributed by atoms with Gasteiger partial charge in [0.25, 0.3) is 10.1 Å². The van der Waals surface area contributed by atoms with Crippen LogP contribution in [0.15, 0.2) is 0 Å². The second kappa shape index (κ2) is 3.57. The van der Waals surface area contributed by atoms with Crippen molar-refractivity contribution in [2.75, 3.05) is 12.4 Å². The minimum absolute atomic E-state index is 0.738. The minimum atomic E-state index is -5.78. The van der Waals surface area contributed by atoms with Crippen molar-refractivity contribution < 1.29 is 38.4 Å². The van der Waals surface area contributed by atoms with Crippen LogP contribution in [0, 0.1) is 0 Å². The van der Waals surface area contributed by atoms with Gasteiger partial charge in [0, 0.05) is 0 Å². The molecule has 0 aromatic carbocycles. The zero-order valence-electron chi connectivity index (χ0n) is 6.89. The summed E-state index contributed by atoms with van der Waals surface area (Å²) in [6, 6.07) is 0. The zero-order valence-corrected chi connectivity index (χ0v) is 8.52. The molecule has 0 N–H and O–H groups in total. The van der Waals surface area contributed by atoms with Crippen LogP contribution in [-0.2, 0) is 28.6 Å².